The summed E-state index contributed by atoms with van der Waals surface area (Å²) in [5, 5.41) is 0. The maximum atomic E-state index is 10.8. The smallest absolute Gasteiger partial charge is 0.384 e. The lowest BCUT2D eigenvalue weighted by Crippen LogP contribution is -1.96. The number of hydrogen-bond donors (Lipinski definition) is 0. The zero-order valence-electron chi connectivity index (χ0n) is 8.94. The van der Waals surface area contributed by atoms with Crippen molar-refractivity contribution in [2.75, 3.05) is 14.2 Å². The van der Waals surface area contributed by atoms with E-state index in [0.717, 1.165) is 0 Å². The van der Waals surface area contributed by atoms with E-state index in [2.05, 4.69) is 16.6 Å². The number of methoxy groups -OCH3 is 2. The summed E-state index contributed by atoms with van der Waals surface area (Å²) in [5.74, 6) is 4.72. The maximum Gasteiger partial charge on any atom is 0.384 e. The first-order chi connectivity index (χ1) is 7.71. The van der Waals surface area contributed by atoms with Crippen LogP contribution in [0.2, 0.25) is 0 Å². The van der Waals surface area contributed by atoms with Crippen LogP contribution in [0.1, 0.15) is 15.9 Å². The topological polar surface area (TPSA) is 52.6 Å². The van der Waals surface area contributed by atoms with E-state index in [1.165, 1.54) is 14.2 Å². The number of benzene rings is 1. The molecule has 0 atom stereocenters. The molecule has 1 aromatic carbocycles. The van der Waals surface area contributed by atoms with E-state index in [9.17, 15) is 9.59 Å². The molecule has 0 amide bonds. The molecular weight excluding hydrogens is 208 g/mol. The second kappa shape index (κ2) is 5.56. The lowest BCUT2D eigenvalue weighted by atomic mass is 10.1. The van der Waals surface area contributed by atoms with Crippen molar-refractivity contribution in [1.82, 2.24) is 0 Å². The zero-order chi connectivity index (χ0) is 12.0. The average molecular weight is 218 g/mol. The molecule has 0 saturated carbocycles. The first kappa shape index (κ1) is 11.8. The second-order valence-electron chi connectivity index (χ2n) is 2.81. The van der Waals surface area contributed by atoms with E-state index < -0.39 is 5.97 Å². The van der Waals surface area contributed by atoms with Gasteiger partial charge in [0.2, 0.25) is 0 Å². The Morgan fingerprint density at radius 2 is 2.12 bits per heavy atom. The van der Waals surface area contributed by atoms with Gasteiger partial charge in [0.1, 0.15) is 5.75 Å². The molecule has 0 fully saturated rings. The van der Waals surface area contributed by atoms with Gasteiger partial charge in [-0.2, -0.15) is 0 Å². The van der Waals surface area contributed by atoms with E-state index in [4.69, 9.17) is 4.74 Å². The minimum absolute atomic E-state index is 0.400. The molecule has 0 unspecified atom stereocenters. The number of rotatable bonds is 2. The molecule has 4 nitrogen and oxygen atoms in total. The summed E-state index contributed by atoms with van der Waals surface area (Å²) in [6.45, 7) is 0. The van der Waals surface area contributed by atoms with Crippen molar-refractivity contribution in [3.05, 3.63) is 29.3 Å². The number of aldehydes is 1. The summed E-state index contributed by atoms with van der Waals surface area (Å²) in [4.78, 5) is 21.5. The highest BCUT2D eigenvalue weighted by atomic mass is 16.5. The van der Waals surface area contributed by atoms with Crippen LogP contribution in [0.5, 0.6) is 5.75 Å². The van der Waals surface area contributed by atoms with E-state index in [1.54, 1.807) is 18.2 Å². The average Bonchev–Trinajstić information content (AvgIpc) is 2.35. The summed E-state index contributed by atoms with van der Waals surface area (Å²) in [7, 11) is 2.75. The number of carbonyl (C=O) groups excluding carboxylic acids is 2. The third kappa shape index (κ3) is 2.85. The van der Waals surface area contributed by atoms with Gasteiger partial charge in [0.05, 0.1) is 14.2 Å². The van der Waals surface area contributed by atoms with Crippen molar-refractivity contribution in [2.45, 2.75) is 0 Å². The highest BCUT2D eigenvalue weighted by molar-refractivity contribution is 5.90. The number of ether oxygens (including phenoxy) is 2. The lowest BCUT2D eigenvalue weighted by molar-refractivity contribution is -0.133. The SMILES string of the molecule is COC(=O)C#Cc1cc(OC)ccc1C=O. The predicted octanol–water partition coefficient (Wildman–Crippen LogP) is 1.03. The third-order valence-electron chi connectivity index (χ3n) is 1.87. The van der Waals surface area contributed by atoms with Crippen LogP contribution in [0.15, 0.2) is 18.2 Å². The Labute approximate surface area is 93.2 Å². The number of hydrogen-bond acceptors (Lipinski definition) is 4. The molecule has 16 heavy (non-hydrogen) atoms. The molecule has 0 aliphatic heterocycles. The Balaban J connectivity index is 3.12. The summed E-state index contributed by atoms with van der Waals surface area (Å²) in [5.41, 5.74) is 0.831. The van der Waals surface area contributed by atoms with Gasteiger partial charge in [-0.1, -0.05) is 5.92 Å². The van der Waals surface area contributed by atoms with Crippen LogP contribution in [0.4, 0.5) is 0 Å². The summed E-state index contributed by atoms with van der Waals surface area (Å²) in [6.07, 6.45) is 0.667. The van der Waals surface area contributed by atoms with E-state index in [-0.39, 0.29) is 0 Å². The van der Waals surface area contributed by atoms with Gasteiger partial charge in [-0.3, -0.25) is 4.79 Å². The van der Waals surface area contributed by atoms with Gasteiger partial charge in [0, 0.05) is 17.0 Å². The molecule has 0 radical (unpaired) electrons. The zero-order valence-corrected chi connectivity index (χ0v) is 8.94. The monoisotopic (exact) mass is 218 g/mol. The summed E-state index contributed by atoms with van der Waals surface area (Å²) < 4.78 is 9.36. The van der Waals surface area contributed by atoms with Crippen molar-refractivity contribution in [3.8, 4) is 17.6 Å². The van der Waals surface area contributed by atoms with E-state index in [1.807, 2.05) is 0 Å². The van der Waals surface area contributed by atoms with Crippen molar-refractivity contribution in [3.63, 3.8) is 0 Å². The van der Waals surface area contributed by atoms with Gasteiger partial charge >= 0.3 is 5.97 Å². The molecule has 0 aromatic heterocycles. The van der Waals surface area contributed by atoms with Gasteiger partial charge in [0.15, 0.2) is 6.29 Å². The second-order valence-corrected chi connectivity index (χ2v) is 2.81. The van der Waals surface area contributed by atoms with Crippen LogP contribution < -0.4 is 4.74 Å². The maximum absolute atomic E-state index is 10.8. The summed E-state index contributed by atoms with van der Waals surface area (Å²) in [6, 6.07) is 4.81. The van der Waals surface area contributed by atoms with Crippen LogP contribution in [0.3, 0.4) is 0 Å². The fourth-order valence-corrected chi connectivity index (χ4v) is 1.04. The van der Waals surface area contributed by atoms with E-state index >= 15 is 0 Å². The molecule has 4 heteroatoms. The van der Waals surface area contributed by atoms with Gasteiger partial charge in [-0.25, -0.2) is 4.79 Å². The predicted molar refractivity (Wildman–Crippen MR) is 57.3 cm³/mol. The molecule has 0 heterocycles. The van der Waals surface area contributed by atoms with Crippen molar-refractivity contribution < 1.29 is 19.1 Å². The first-order valence-corrected chi connectivity index (χ1v) is 4.44. The highest BCUT2D eigenvalue weighted by Crippen LogP contribution is 2.15. The van der Waals surface area contributed by atoms with Crippen molar-refractivity contribution >= 4 is 12.3 Å². The van der Waals surface area contributed by atoms with Gasteiger partial charge in [-0.15, -0.1) is 0 Å². The molecule has 0 spiro atoms. The normalized spacial score (nSPS) is 8.62. The molecule has 1 aromatic rings. The fraction of sp³-hybridized carbons (Fsp3) is 0.167. The molecule has 0 saturated heterocycles. The van der Waals surface area contributed by atoms with Crippen LogP contribution in [-0.2, 0) is 9.53 Å². The molecule has 0 aliphatic rings. The largest absolute Gasteiger partial charge is 0.497 e. The molecular formula is C12H10O4. The van der Waals surface area contributed by atoms with Crippen LogP contribution in [-0.4, -0.2) is 26.5 Å². The molecule has 82 valence electrons. The first-order valence-electron chi connectivity index (χ1n) is 4.44. The van der Waals surface area contributed by atoms with E-state index in [0.29, 0.717) is 23.2 Å². The molecule has 0 bridgehead atoms. The molecule has 0 N–H and O–H groups in total. The molecule has 1 rings (SSSR count). The Hall–Kier alpha value is -2.28. The van der Waals surface area contributed by atoms with Crippen LogP contribution in [0, 0.1) is 11.8 Å². The van der Waals surface area contributed by atoms with Crippen molar-refractivity contribution in [2.24, 2.45) is 0 Å². The standard InChI is InChI=1S/C12H10O4/c1-15-11-5-3-10(8-13)9(7-11)4-6-12(14)16-2/h3,5,7-8H,1-2H3. The Morgan fingerprint density at radius 1 is 1.38 bits per heavy atom. The van der Waals surface area contributed by atoms with Crippen molar-refractivity contribution in [1.29, 1.82) is 0 Å². The quantitative estimate of drug-likeness (QED) is 0.422. The van der Waals surface area contributed by atoms with Gasteiger partial charge in [0.25, 0.3) is 0 Å². The van der Waals surface area contributed by atoms with Gasteiger partial charge < -0.3 is 9.47 Å². The minimum Gasteiger partial charge on any atom is -0.497 e. The lowest BCUT2D eigenvalue weighted by Gasteiger charge is -2.01. The molecule has 0 aliphatic carbocycles. The Morgan fingerprint density at radius 3 is 2.69 bits per heavy atom. The van der Waals surface area contributed by atoms with Gasteiger partial charge in [-0.05, 0) is 18.2 Å². The Bertz CT molecular complexity index is 466. The number of esters is 1. The number of carbonyl (C=O) groups is 2. The van der Waals surface area contributed by atoms with Crippen LogP contribution in [0.25, 0.3) is 0 Å². The Kier molecular flexibility index (Phi) is 4.10. The third-order valence-corrected chi connectivity index (χ3v) is 1.87. The summed E-state index contributed by atoms with van der Waals surface area (Å²) >= 11 is 0. The van der Waals surface area contributed by atoms with Crippen LogP contribution >= 0.6 is 0 Å². The fourth-order valence-electron chi connectivity index (χ4n) is 1.04. The highest BCUT2D eigenvalue weighted by Gasteiger charge is 2.01. The minimum atomic E-state index is -0.653.